The summed E-state index contributed by atoms with van der Waals surface area (Å²) in [5, 5.41) is 2.12. The van der Waals surface area contributed by atoms with Crippen molar-refractivity contribution in [3.8, 4) is 11.5 Å². The average molecular weight is 421 g/mol. The maximum atomic E-state index is 12.3. The van der Waals surface area contributed by atoms with Gasteiger partial charge in [0.25, 0.3) is 11.8 Å². The predicted octanol–water partition coefficient (Wildman–Crippen LogP) is 4.35. The molecule has 6 heteroatoms. The van der Waals surface area contributed by atoms with Crippen LogP contribution in [0.25, 0.3) is 10.8 Å². The van der Waals surface area contributed by atoms with Gasteiger partial charge in [0.15, 0.2) is 12.7 Å². The maximum Gasteiger partial charge on any atom is 0.279 e. The van der Waals surface area contributed by atoms with Crippen LogP contribution in [0.1, 0.15) is 38.7 Å². The first-order chi connectivity index (χ1) is 15.0. The van der Waals surface area contributed by atoms with Crippen molar-refractivity contribution in [2.45, 2.75) is 39.2 Å². The number of benzene rings is 3. The zero-order valence-electron chi connectivity index (χ0n) is 18.1. The minimum absolute atomic E-state index is 0.201. The minimum atomic E-state index is -0.784. The molecule has 0 spiro atoms. The van der Waals surface area contributed by atoms with Crippen LogP contribution in [0.5, 0.6) is 11.5 Å². The van der Waals surface area contributed by atoms with E-state index in [0.717, 1.165) is 22.8 Å². The third-order valence-corrected chi connectivity index (χ3v) is 5.15. The second-order valence-corrected chi connectivity index (χ2v) is 7.44. The Labute approximate surface area is 182 Å². The summed E-state index contributed by atoms with van der Waals surface area (Å²) in [5.41, 5.74) is 5.80. The number of carbonyl (C=O) groups excluding carboxylic acids is 2. The molecule has 162 valence electrons. The summed E-state index contributed by atoms with van der Waals surface area (Å²) in [5.74, 6) is 0.669. The maximum absolute atomic E-state index is 12.3. The van der Waals surface area contributed by atoms with E-state index in [1.165, 1.54) is 0 Å². The van der Waals surface area contributed by atoms with Crippen molar-refractivity contribution < 1.29 is 19.1 Å². The molecule has 2 amide bonds. The summed E-state index contributed by atoms with van der Waals surface area (Å²) >= 11 is 0. The van der Waals surface area contributed by atoms with Crippen LogP contribution in [0.4, 0.5) is 0 Å². The Hall–Kier alpha value is -3.54. The summed E-state index contributed by atoms with van der Waals surface area (Å²) < 4.78 is 11.4. The number of hydrogen-bond donors (Lipinski definition) is 2. The highest BCUT2D eigenvalue weighted by Crippen LogP contribution is 2.28. The number of carbonyl (C=O) groups is 2. The molecule has 0 fully saturated rings. The molecule has 31 heavy (non-hydrogen) atoms. The van der Waals surface area contributed by atoms with Crippen molar-refractivity contribution in [2.75, 3.05) is 6.61 Å². The lowest BCUT2D eigenvalue weighted by Crippen LogP contribution is -2.48. The lowest BCUT2D eigenvalue weighted by atomic mass is 9.98. The van der Waals surface area contributed by atoms with Crippen molar-refractivity contribution in [3.63, 3.8) is 0 Å². The van der Waals surface area contributed by atoms with E-state index in [-0.39, 0.29) is 6.61 Å². The minimum Gasteiger partial charge on any atom is -0.483 e. The lowest BCUT2D eigenvalue weighted by molar-refractivity contribution is -0.133. The fraction of sp³-hybridized carbons (Fsp3) is 0.280. The molecule has 6 nitrogen and oxygen atoms in total. The zero-order valence-corrected chi connectivity index (χ0v) is 18.1. The van der Waals surface area contributed by atoms with Crippen LogP contribution >= 0.6 is 0 Å². The smallest absolute Gasteiger partial charge is 0.279 e. The fourth-order valence-corrected chi connectivity index (χ4v) is 3.15. The van der Waals surface area contributed by atoms with E-state index in [1.807, 2.05) is 66.7 Å². The van der Waals surface area contributed by atoms with Crippen molar-refractivity contribution in [1.82, 2.24) is 10.9 Å². The number of hydrogen-bond acceptors (Lipinski definition) is 4. The van der Waals surface area contributed by atoms with Gasteiger partial charge in [0.2, 0.25) is 0 Å². The number of nitrogens with one attached hydrogen (secondary N) is 2. The summed E-state index contributed by atoms with van der Waals surface area (Å²) in [7, 11) is 0. The highest BCUT2D eigenvalue weighted by atomic mass is 16.5. The van der Waals surface area contributed by atoms with Gasteiger partial charge in [-0.25, -0.2) is 0 Å². The van der Waals surface area contributed by atoms with Gasteiger partial charge >= 0.3 is 0 Å². The predicted molar refractivity (Wildman–Crippen MR) is 121 cm³/mol. The quantitative estimate of drug-likeness (QED) is 0.531. The Morgan fingerprint density at radius 3 is 2.39 bits per heavy atom. The van der Waals surface area contributed by atoms with Gasteiger partial charge < -0.3 is 9.47 Å². The Bertz CT molecular complexity index is 1050. The van der Waals surface area contributed by atoms with E-state index in [1.54, 1.807) is 6.92 Å². The lowest BCUT2D eigenvalue weighted by Gasteiger charge is -2.17. The zero-order chi connectivity index (χ0) is 22.2. The van der Waals surface area contributed by atoms with Gasteiger partial charge in [-0.15, -0.1) is 0 Å². The van der Waals surface area contributed by atoms with Gasteiger partial charge in [0.1, 0.15) is 11.5 Å². The van der Waals surface area contributed by atoms with Gasteiger partial charge in [0, 0.05) is 0 Å². The van der Waals surface area contributed by atoms with E-state index >= 15 is 0 Å². The van der Waals surface area contributed by atoms with Crippen LogP contribution in [-0.4, -0.2) is 24.5 Å². The van der Waals surface area contributed by atoms with E-state index in [4.69, 9.17) is 9.47 Å². The topological polar surface area (TPSA) is 76.7 Å². The third kappa shape index (κ3) is 5.98. The second kappa shape index (κ2) is 10.5. The highest BCUT2D eigenvalue weighted by molar-refractivity contribution is 5.86. The first-order valence-corrected chi connectivity index (χ1v) is 10.4. The molecular formula is C25H28N2O4. The first-order valence-electron chi connectivity index (χ1n) is 10.4. The molecule has 0 aliphatic rings. The monoisotopic (exact) mass is 420 g/mol. The molecule has 2 N–H and O–H groups in total. The Morgan fingerprint density at radius 2 is 1.61 bits per heavy atom. The number of hydrazine groups is 1. The Balaban J connectivity index is 1.48. The molecule has 3 rings (SSSR count). The van der Waals surface area contributed by atoms with Gasteiger partial charge in [-0.1, -0.05) is 62.4 Å². The highest BCUT2D eigenvalue weighted by Gasteiger charge is 2.16. The first kappa shape index (κ1) is 22.2. The van der Waals surface area contributed by atoms with Crippen LogP contribution in [0, 0.1) is 0 Å². The summed E-state index contributed by atoms with van der Waals surface area (Å²) in [6, 6.07) is 21.2. The molecule has 0 radical (unpaired) electrons. The van der Waals surface area contributed by atoms with Crippen LogP contribution in [0.15, 0.2) is 66.7 Å². The van der Waals surface area contributed by atoms with E-state index in [9.17, 15) is 9.59 Å². The molecule has 0 aliphatic carbocycles. The molecule has 0 aromatic heterocycles. The fourth-order valence-electron chi connectivity index (χ4n) is 3.15. The van der Waals surface area contributed by atoms with Crippen LogP contribution < -0.4 is 20.3 Å². The third-order valence-electron chi connectivity index (χ3n) is 5.15. The Morgan fingerprint density at radius 1 is 0.903 bits per heavy atom. The van der Waals surface area contributed by atoms with Crippen LogP contribution in [0.2, 0.25) is 0 Å². The molecule has 2 atom stereocenters. The van der Waals surface area contributed by atoms with Crippen LogP contribution in [0.3, 0.4) is 0 Å². The summed E-state index contributed by atoms with van der Waals surface area (Å²) in [6.07, 6.45) is 0.186. The molecule has 0 heterocycles. The number of amides is 2. The second-order valence-electron chi connectivity index (χ2n) is 7.44. The average Bonchev–Trinajstić information content (AvgIpc) is 2.80. The molecule has 3 aromatic carbocycles. The van der Waals surface area contributed by atoms with E-state index < -0.39 is 17.9 Å². The number of para-hydroxylation sites is 1. The SMILES string of the molecule is CC[C@@H](C)c1ccccc1OCC(=O)NNC(=O)[C@H](C)Oc1ccc2ccccc2c1. The molecule has 0 unspecified atom stereocenters. The molecule has 0 saturated heterocycles. The van der Waals surface area contributed by atoms with Gasteiger partial charge in [-0.3, -0.25) is 20.4 Å². The Kier molecular flexibility index (Phi) is 7.49. The standard InChI is InChI=1S/C25H28N2O4/c1-4-17(2)22-11-7-8-12-23(22)30-16-24(28)26-27-25(29)18(3)31-21-14-13-19-9-5-6-10-20(19)15-21/h5-15,17-18H,4,16H2,1-3H3,(H,26,28)(H,27,29)/t17-,18+/m1/s1. The van der Waals surface area contributed by atoms with Gasteiger partial charge in [-0.2, -0.15) is 0 Å². The van der Waals surface area contributed by atoms with Gasteiger partial charge in [0.05, 0.1) is 0 Å². The van der Waals surface area contributed by atoms with Crippen LogP contribution in [-0.2, 0) is 9.59 Å². The molecular weight excluding hydrogens is 392 g/mol. The van der Waals surface area contributed by atoms with Crippen molar-refractivity contribution >= 4 is 22.6 Å². The van der Waals surface area contributed by atoms with Crippen molar-refractivity contribution in [1.29, 1.82) is 0 Å². The number of ether oxygens (including phenoxy) is 2. The molecule has 3 aromatic rings. The molecule has 0 bridgehead atoms. The largest absolute Gasteiger partial charge is 0.483 e. The summed E-state index contributed by atoms with van der Waals surface area (Å²) in [6.45, 7) is 5.63. The van der Waals surface area contributed by atoms with Crippen molar-refractivity contribution in [3.05, 3.63) is 72.3 Å². The number of rotatable bonds is 8. The normalized spacial score (nSPS) is 12.6. The summed E-state index contributed by atoms with van der Waals surface area (Å²) in [4.78, 5) is 24.4. The van der Waals surface area contributed by atoms with Gasteiger partial charge in [-0.05, 0) is 53.8 Å². The van der Waals surface area contributed by atoms with E-state index in [0.29, 0.717) is 17.4 Å². The number of fused-ring (bicyclic) bond motifs is 1. The van der Waals surface area contributed by atoms with E-state index in [2.05, 4.69) is 24.7 Å². The molecule has 0 saturated carbocycles. The van der Waals surface area contributed by atoms with Crippen molar-refractivity contribution in [2.24, 2.45) is 0 Å². The molecule has 0 aliphatic heterocycles.